The number of ether oxygens (including phenoxy) is 2. The highest BCUT2D eigenvalue weighted by molar-refractivity contribution is 5.93. The van der Waals surface area contributed by atoms with Gasteiger partial charge in [-0.25, -0.2) is 9.37 Å². The number of fused-ring (bicyclic) bond motifs is 1. The Morgan fingerprint density at radius 1 is 0.967 bits per heavy atom. The molecule has 6 nitrogen and oxygen atoms in total. The molecule has 5 rings (SSSR count). The van der Waals surface area contributed by atoms with Gasteiger partial charge in [0.25, 0.3) is 0 Å². The van der Waals surface area contributed by atoms with Crippen molar-refractivity contribution in [3.63, 3.8) is 0 Å². The predicted octanol–water partition coefficient (Wildman–Crippen LogP) is 4.17. The lowest BCUT2D eigenvalue weighted by Crippen LogP contribution is -2.10. The number of nitrogens with two attached hydrogens (primary N) is 1. The van der Waals surface area contributed by atoms with Gasteiger partial charge >= 0.3 is 0 Å². The lowest BCUT2D eigenvalue weighted by molar-refractivity contribution is 0.100. The van der Waals surface area contributed by atoms with Crippen LogP contribution < -0.4 is 15.2 Å². The number of halogens is 1. The van der Waals surface area contributed by atoms with Gasteiger partial charge in [-0.2, -0.15) is 0 Å². The summed E-state index contributed by atoms with van der Waals surface area (Å²) in [6.45, 7) is 0.165. The Labute approximate surface area is 171 Å². The molecule has 30 heavy (non-hydrogen) atoms. The number of amides is 1. The summed E-state index contributed by atoms with van der Waals surface area (Å²) >= 11 is 0. The van der Waals surface area contributed by atoms with Crippen molar-refractivity contribution in [1.82, 2.24) is 9.55 Å². The minimum Gasteiger partial charge on any atom is -0.454 e. The number of nitrogens with zero attached hydrogens (tertiary/aromatic N) is 2. The zero-order valence-corrected chi connectivity index (χ0v) is 15.7. The number of hydrogen-bond acceptors (Lipinski definition) is 4. The van der Waals surface area contributed by atoms with Gasteiger partial charge in [-0.15, -0.1) is 0 Å². The normalized spacial score (nSPS) is 12.2. The van der Waals surface area contributed by atoms with Crippen molar-refractivity contribution >= 4 is 5.91 Å². The zero-order valence-electron chi connectivity index (χ0n) is 15.7. The highest BCUT2D eigenvalue weighted by Gasteiger charge is 2.19. The van der Waals surface area contributed by atoms with Crippen molar-refractivity contribution in [2.45, 2.75) is 0 Å². The maximum atomic E-state index is 14.6. The largest absolute Gasteiger partial charge is 0.454 e. The number of aromatic nitrogens is 2. The van der Waals surface area contributed by atoms with Crippen LogP contribution in [-0.2, 0) is 0 Å². The van der Waals surface area contributed by atoms with E-state index >= 15 is 0 Å². The average molecular weight is 401 g/mol. The molecule has 1 aliphatic heterocycles. The number of imidazole rings is 1. The summed E-state index contributed by atoms with van der Waals surface area (Å²) < 4.78 is 27.2. The number of hydrogen-bond donors (Lipinski definition) is 1. The number of para-hydroxylation sites is 1. The number of benzene rings is 3. The third kappa shape index (κ3) is 3.06. The summed E-state index contributed by atoms with van der Waals surface area (Å²) in [6.07, 6.45) is 1.76. The molecule has 0 aliphatic carbocycles. The van der Waals surface area contributed by atoms with Crippen LogP contribution in [0.1, 0.15) is 10.4 Å². The molecule has 3 aromatic carbocycles. The third-order valence-corrected chi connectivity index (χ3v) is 4.91. The first-order chi connectivity index (χ1) is 14.6. The molecule has 7 heteroatoms. The van der Waals surface area contributed by atoms with Gasteiger partial charge in [0.15, 0.2) is 11.5 Å². The fourth-order valence-corrected chi connectivity index (χ4v) is 3.39. The summed E-state index contributed by atoms with van der Waals surface area (Å²) in [5.74, 6) is 0.951. The van der Waals surface area contributed by atoms with E-state index in [-0.39, 0.29) is 12.6 Å². The number of rotatable bonds is 4. The number of carbonyl (C=O) groups excluding carboxylic acids is 1. The van der Waals surface area contributed by atoms with Crippen molar-refractivity contribution < 1.29 is 18.7 Å². The first kappa shape index (κ1) is 17.9. The summed E-state index contributed by atoms with van der Waals surface area (Å²) in [4.78, 5) is 16.1. The van der Waals surface area contributed by atoms with Crippen molar-refractivity contribution in [3.05, 3.63) is 84.3 Å². The molecule has 0 atom stereocenters. The molecule has 1 aromatic heterocycles. The summed E-state index contributed by atoms with van der Waals surface area (Å²) in [6, 6.07) is 18.8. The minimum atomic E-state index is -0.500. The van der Waals surface area contributed by atoms with Gasteiger partial charge in [-0.3, -0.25) is 9.36 Å². The molecular weight excluding hydrogens is 385 g/mol. The SMILES string of the molecule is NC(=O)c1ccc(-c2cn(-c3ccccc3F)c(-c3ccc4c(c3)OCO4)n2)cc1. The fraction of sp³-hybridized carbons (Fsp3) is 0.0435. The fourth-order valence-electron chi connectivity index (χ4n) is 3.39. The maximum absolute atomic E-state index is 14.6. The van der Waals surface area contributed by atoms with Gasteiger partial charge in [0.2, 0.25) is 12.7 Å². The van der Waals surface area contributed by atoms with E-state index < -0.39 is 5.91 Å². The summed E-state index contributed by atoms with van der Waals surface area (Å²) in [7, 11) is 0. The lowest BCUT2D eigenvalue weighted by Gasteiger charge is -2.09. The molecule has 148 valence electrons. The first-order valence-electron chi connectivity index (χ1n) is 9.25. The monoisotopic (exact) mass is 401 g/mol. The van der Waals surface area contributed by atoms with Crippen molar-refractivity contribution in [1.29, 1.82) is 0 Å². The molecule has 0 spiro atoms. The topological polar surface area (TPSA) is 79.4 Å². The summed E-state index contributed by atoms with van der Waals surface area (Å²) in [5.41, 5.74) is 8.25. The van der Waals surface area contributed by atoms with Crippen LogP contribution >= 0.6 is 0 Å². The Morgan fingerprint density at radius 2 is 1.70 bits per heavy atom. The molecular formula is C23H16FN3O3. The van der Waals surface area contributed by atoms with Gasteiger partial charge in [0.05, 0.1) is 11.4 Å². The van der Waals surface area contributed by atoms with Crippen LogP contribution in [0.2, 0.25) is 0 Å². The Hall–Kier alpha value is -4.13. The molecule has 0 radical (unpaired) electrons. The van der Waals surface area contributed by atoms with Crippen molar-refractivity contribution in [2.24, 2.45) is 5.73 Å². The minimum absolute atomic E-state index is 0.165. The van der Waals surface area contributed by atoms with Gasteiger partial charge in [-0.05, 0) is 42.5 Å². The van der Waals surface area contributed by atoms with E-state index in [1.54, 1.807) is 59.3 Å². The zero-order chi connectivity index (χ0) is 20.7. The lowest BCUT2D eigenvalue weighted by atomic mass is 10.1. The van der Waals surface area contributed by atoms with Crippen LogP contribution in [0.25, 0.3) is 28.3 Å². The van der Waals surface area contributed by atoms with E-state index in [0.717, 1.165) is 11.1 Å². The molecule has 2 N–H and O–H groups in total. The Balaban J connectivity index is 1.67. The molecule has 0 fully saturated rings. The van der Waals surface area contributed by atoms with Crippen LogP contribution in [0.4, 0.5) is 4.39 Å². The van der Waals surface area contributed by atoms with E-state index in [4.69, 9.17) is 20.2 Å². The summed E-state index contributed by atoms with van der Waals surface area (Å²) in [5, 5.41) is 0. The molecule has 4 aromatic rings. The van der Waals surface area contributed by atoms with Crippen LogP contribution in [0.15, 0.2) is 72.9 Å². The van der Waals surface area contributed by atoms with E-state index in [1.165, 1.54) is 6.07 Å². The van der Waals surface area contributed by atoms with Crippen molar-refractivity contribution in [3.8, 4) is 39.8 Å². The second-order valence-electron chi connectivity index (χ2n) is 6.78. The Morgan fingerprint density at radius 3 is 2.47 bits per heavy atom. The third-order valence-electron chi connectivity index (χ3n) is 4.91. The molecule has 1 aliphatic rings. The highest BCUT2D eigenvalue weighted by Crippen LogP contribution is 2.37. The smallest absolute Gasteiger partial charge is 0.248 e. The molecule has 0 saturated heterocycles. The van der Waals surface area contributed by atoms with E-state index in [2.05, 4.69) is 0 Å². The van der Waals surface area contributed by atoms with Crippen LogP contribution in [0.5, 0.6) is 11.5 Å². The Kier molecular flexibility index (Phi) is 4.21. The maximum Gasteiger partial charge on any atom is 0.248 e. The molecule has 0 unspecified atom stereocenters. The predicted molar refractivity (Wildman–Crippen MR) is 109 cm³/mol. The second-order valence-corrected chi connectivity index (χ2v) is 6.78. The second kappa shape index (κ2) is 7.04. The molecule has 1 amide bonds. The van der Waals surface area contributed by atoms with Gasteiger partial charge in [-0.1, -0.05) is 24.3 Å². The van der Waals surface area contributed by atoms with Gasteiger partial charge in [0.1, 0.15) is 11.6 Å². The molecule has 0 bridgehead atoms. The van der Waals surface area contributed by atoms with Gasteiger partial charge in [0, 0.05) is 22.9 Å². The van der Waals surface area contributed by atoms with Crippen molar-refractivity contribution in [2.75, 3.05) is 6.79 Å². The molecule has 0 saturated carbocycles. The first-order valence-corrected chi connectivity index (χ1v) is 9.25. The Bertz CT molecular complexity index is 1270. The van der Waals surface area contributed by atoms with Crippen LogP contribution in [-0.4, -0.2) is 22.3 Å². The standard InChI is InChI=1S/C23H16FN3O3/c24-17-3-1-2-4-19(17)27-12-18(14-5-7-15(8-6-14)22(25)28)26-23(27)16-9-10-20-21(11-16)30-13-29-20/h1-12H,13H2,(H2,25,28). The van der Waals surface area contributed by atoms with Crippen LogP contribution in [0, 0.1) is 5.82 Å². The van der Waals surface area contributed by atoms with Crippen LogP contribution in [0.3, 0.4) is 0 Å². The van der Waals surface area contributed by atoms with Gasteiger partial charge < -0.3 is 15.2 Å². The molecule has 2 heterocycles. The quantitative estimate of drug-likeness (QED) is 0.557. The number of carbonyl (C=O) groups is 1. The van der Waals surface area contributed by atoms with E-state index in [1.807, 2.05) is 12.1 Å². The average Bonchev–Trinajstić information content (AvgIpc) is 3.41. The highest BCUT2D eigenvalue weighted by atomic mass is 19.1. The van der Waals surface area contributed by atoms with E-state index in [9.17, 15) is 9.18 Å². The number of primary amides is 1. The van der Waals surface area contributed by atoms with E-state index in [0.29, 0.717) is 34.3 Å².